The fourth-order valence-electron chi connectivity index (χ4n) is 4.63. The number of aliphatic hydroxyl groups is 1. The smallest absolute Gasteiger partial charge is 0.274 e. The lowest BCUT2D eigenvalue weighted by atomic mass is 10.1. The van der Waals surface area contributed by atoms with Crippen molar-refractivity contribution in [2.45, 2.75) is 45.1 Å². The van der Waals surface area contributed by atoms with Gasteiger partial charge in [0.15, 0.2) is 0 Å². The third-order valence-electron chi connectivity index (χ3n) is 6.63. The average molecular weight is 568 g/mol. The van der Waals surface area contributed by atoms with Gasteiger partial charge >= 0.3 is 0 Å². The molecule has 2 aromatic carbocycles. The van der Waals surface area contributed by atoms with E-state index in [1.807, 2.05) is 42.7 Å². The molecule has 1 aliphatic heterocycles. The quantitative estimate of drug-likeness (QED) is 0.263. The largest absolute Gasteiger partial charge is 0.467 e. The van der Waals surface area contributed by atoms with Gasteiger partial charge in [-0.05, 0) is 53.8 Å². The highest BCUT2D eigenvalue weighted by Gasteiger charge is 2.23. The normalized spacial score (nSPS) is 14.6. The summed E-state index contributed by atoms with van der Waals surface area (Å²) in [6, 6.07) is 13.3. The SMILES string of the molecule is CCCc1cnc(N2CCC(Oc3nc4ccc(-c5cccc(NS(=O)(=O)CCCO)c5)cc4s3)CC2)nc1. The molecular weight excluding hydrogens is 534 g/mol. The van der Waals surface area contributed by atoms with Gasteiger partial charge in [0, 0.05) is 50.6 Å². The minimum absolute atomic E-state index is 0.0937. The first-order chi connectivity index (χ1) is 18.9. The third-order valence-corrected chi connectivity index (χ3v) is 8.91. The van der Waals surface area contributed by atoms with Gasteiger partial charge in [0.05, 0.1) is 16.0 Å². The minimum atomic E-state index is -3.51. The molecule has 4 aromatic rings. The second-order valence-electron chi connectivity index (χ2n) is 9.69. The molecule has 0 amide bonds. The molecule has 0 saturated carbocycles. The maximum Gasteiger partial charge on any atom is 0.274 e. The van der Waals surface area contributed by atoms with E-state index >= 15 is 0 Å². The standard InChI is InChI=1S/C28H33N5O4S2/c1-2-5-20-18-29-27(30-19-20)33-12-10-24(11-13-33)37-28-31-25-9-8-22(17-26(25)38-28)21-6-3-7-23(16-21)32-39(35,36)15-4-14-34/h3,6-9,16-19,24,32,34H,2,4-5,10-15H2,1H3. The van der Waals surface area contributed by atoms with Crippen molar-refractivity contribution in [3.05, 3.63) is 60.4 Å². The van der Waals surface area contributed by atoms with Gasteiger partial charge in [-0.15, -0.1) is 0 Å². The van der Waals surface area contributed by atoms with Gasteiger partial charge in [0.1, 0.15) is 6.10 Å². The van der Waals surface area contributed by atoms with Gasteiger partial charge in [0.2, 0.25) is 16.0 Å². The van der Waals surface area contributed by atoms with Gasteiger partial charge in [-0.3, -0.25) is 4.72 Å². The number of nitrogens with zero attached hydrogens (tertiary/aromatic N) is 4. The second-order valence-corrected chi connectivity index (χ2v) is 12.5. The lowest BCUT2D eigenvalue weighted by Gasteiger charge is -2.31. The molecule has 3 heterocycles. The number of sulfonamides is 1. The van der Waals surface area contributed by atoms with Crippen molar-refractivity contribution in [2.24, 2.45) is 0 Å². The van der Waals surface area contributed by atoms with Crippen molar-refractivity contribution in [1.82, 2.24) is 15.0 Å². The van der Waals surface area contributed by atoms with E-state index in [0.717, 1.165) is 66.1 Å². The van der Waals surface area contributed by atoms with Crippen molar-refractivity contribution < 1.29 is 18.3 Å². The number of aromatic nitrogens is 3. The van der Waals surface area contributed by atoms with E-state index in [1.165, 1.54) is 16.9 Å². The van der Waals surface area contributed by atoms with Crippen LogP contribution in [0, 0.1) is 0 Å². The summed E-state index contributed by atoms with van der Waals surface area (Å²) in [5.74, 6) is 0.658. The number of aryl methyl sites for hydroxylation is 1. The van der Waals surface area contributed by atoms with E-state index in [0.29, 0.717) is 10.9 Å². The molecule has 0 bridgehead atoms. The summed E-state index contributed by atoms with van der Waals surface area (Å²) in [4.78, 5) is 16.0. The lowest BCUT2D eigenvalue weighted by Crippen LogP contribution is -2.39. The van der Waals surface area contributed by atoms with Crippen molar-refractivity contribution in [3.8, 4) is 16.3 Å². The second kappa shape index (κ2) is 12.3. The lowest BCUT2D eigenvalue weighted by molar-refractivity contribution is 0.170. The first-order valence-electron chi connectivity index (χ1n) is 13.3. The van der Waals surface area contributed by atoms with Gasteiger partial charge in [-0.25, -0.2) is 23.4 Å². The highest BCUT2D eigenvalue weighted by atomic mass is 32.2. The summed E-state index contributed by atoms with van der Waals surface area (Å²) in [6.45, 7) is 3.67. The van der Waals surface area contributed by atoms with E-state index in [2.05, 4.69) is 37.6 Å². The monoisotopic (exact) mass is 567 g/mol. The number of thiazole rings is 1. The zero-order valence-corrected chi connectivity index (χ0v) is 23.5. The van der Waals surface area contributed by atoms with Crippen LogP contribution in [0.5, 0.6) is 5.19 Å². The Balaban J connectivity index is 1.21. The maximum absolute atomic E-state index is 12.2. The highest BCUT2D eigenvalue weighted by molar-refractivity contribution is 7.92. The van der Waals surface area contributed by atoms with Crippen LogP contribution in [0.1, 0.15) is 38.2 Å². The van der Waals surface area contributed by atoms with Crippen LogP contribution in [0.2, 0.25) is 0 Å². The molecule has 0 unspecified atom stereocenters. The molecule has 2 N–H and O–H groups in total. The predicted octanol–water partition coefficient (Wildman–Crippen LogP) is 4.88. The zero-order chi connectivity index (χ0) is 27.2. The van der Waals surface area contributed by atoms with Gasteiger partial charge in [0.25, 0.3) is 5.19 Å². The summed E-state index contributed by atoms with van der Waals surface area (Å²) >= 11 is 1.52. The molecule has 11 heteroatoms. The van der Waals surface area contributed by atoms with Crippen LogP contribution in [-0.4, -0.2) is 60.0 Å². The van der Waals surface area contributed by atoms with Crippen LogP contribution in [0.3, 0.4) is 0 Å². The third kappa shape index (κ3) is 7.03. The summed E-state index contributed by atoms with van der Waals surface area (Å²) in [5.41, 5.74) is 4.40. The number of nitrogens with one attached hydrogen (secondary N) is 1. The van der Waals surface area contributed by atoms with Crippen molar-refractivity contribution in [1.29, 1.82) is 0 Å². The number of aliphatic hydroxyl groups excluding tert-OH is 1. The van der Waals surface area contributed by atoms with Crippen LogP contribution in [0.25, 0.3) is 21.3 Å². The fraction of sp³-hybridized carbons (Fsp3) is 0.393. The summed E-state index contributed by atoms with van der Waals surface area (Å²) < 4.78 is 34.3. The van der Waals surface area contributed by atoms with Crippen molar-refractivity contribution in [3.63, 3.8) is 0 Å². The molecule has 1 fully saturated rings. The molecule has 39 heavy (non-hydrogen) atoms. The van der Waals surface area contributed by atoms with Crippen molar-refractivity contribution in [2.75, 3.05) is 35.1 Å². The Bertz CT molecular complexity index is 1500. The zero-order valence-electron chi connectivity index (χ0n) is 21.9. The highest BCUT2D eigenvalue weighted by Crippen LogP contribution is 2.34. The number of fused-ring (bicyclic) bond motifs is 1. The van der Waals surface area contributed by atoms with Crippen molar-refractivity contribution >= 4 is 43.2 Å². The number of piperidine rings is 1. The number of rotatable bonds is 11. The molecule has 0 aliphatic carbocycles. The predicted molar refractivity (Wildman–Crippen MR) is 156 cm³/mol. The number of anilines is 2. The number of ether oxygens (including phenoxy) is 1. The molecule has 1 aliphatic rings. The molecular formula is C28H33N5O4S2. The van der Waals surface area contributed by atoms with E-state index in [-0.39, 0.29) is 24.9 Å². The molecule has 1 saturated heterocycles. The number of hydrogen-bond acceptors (Lipinski definition) is 9. The van der Waals surface area contributed by atoms with E-state index in [9.17, 15) is 8.42 Å². The number of hydrogen-bond donors (Lipinski definition) is 2. The molecule has 206 valence electrons. The molecule has 0 spiro atoms. The average Bonchev–Trinajstić information content (AvgIpc) is 3.34. The molecule has 0 radical (unpaired) electrons. The van der Waals surface area contributed by atoms with E-state index < -0.39 is 10.0 Å². The van der Waals surface area contributed by atoms with Crippen LogP contribution >= 0.6 is 11.3 Å². The van der Waals surface area contributed by atoms with Crippen LogP contribution in [0.15, 0.2) is 54.9 Å². The molecule has 0 atom stereocenters. The van der Waals surface area contributed by atoms with E-state index in [1.54, 1.807) is 6.07 Å². The first-order valence-corrected chi connectivity index (χ1v) is 15.7. The minimum Gasteiger partial charge on any atom is -0.467 e. The first kappa shape index (κ1) is 27.3. The van der Waals surface area contributed by atoms with Crippen LogP contribution < -0.4 is 14.4 Å². The van der Waals surface area contributed by atoms with E-state index in [4.69, 9.17) is 9.84 Å². The Morgan fingerprint density at radius 1 is 1.10 bits per heavy atom. The summed E-state index contributed by atoms with van der Waals surface area (Å²) in [5, 5.41) is 9.59. The van der Waals surface area contributed by atoms with Crippen LogP contribution in [0.4, 0.5) is 11.6 Å². The summed E-state index contributed by atoms with van der Waals surface area (Å²) in [6.07, 6.45) is 7.99. The Morgan fingerprint density at radius 2 is 1.87 bits per heavy atom. The van der Waals surface area contributed by atoms with Gasteiger partial charge in [-0.2, -0.15) is 0 Å². The summed E-state index contributed by atoms with van der Waals surface area (Å²) in [7, 11) is -3.51. The Labute approximate surface area is 233 Å². The topological polar surface area (TPSA) is 118 Å². The molecule has 2 aromatic heterocycles. The van der Waals surface area contributed by atoms with Gasteiger partial charge in [-0.1, -0.05) is 42.9 Å². The molecule has 5 rings (SSSR count). The van der Waals surface area contributed by atoms with Crippen LogP contribution in [-0.2, 0) is 16.4 Å². The fourth-order valence-corrected chi connectivity index (χ4v) is 6.64. The Hall–Kier alpha value is -3.28. The van der Waals surface area contributed by atoms with Gasteiger partial charge < -0.3 is 14.7 Å². The molecule has 9 nitrogen and oxygen atoms in total. The Kier molecular flexibility index (Phi) is 8.59. The number of benzene rings is 2. The maximum atomic E-state index is 12.2. The Morgan fingerprint density at radius 3 is 2.62 bits per heavy atom.